The molecule has 1 rings (SSSR count). The van der Waals surface area contributed by atoms with Crippen molar-refractivity contribution in [3.05, 3.63) is 36.6 Å². The molecular weight excluding hydrogens is 178 g/mol. The van der Waals surface area contributed by atoms with E-state index in [1.54, 1.807) is 12.2 Å². The van der Waals surface area contributed by atoms with Crippen LogP contribution in [0.4, 0.5) is 0 Å². The molecule has 0 spiro atoms. The van der Waals surface area contributed by atoms with Gasteiger partial charge in [0, 0.05) is 13.1 Å². The van der Waals surface area contributed by atoms with Crippen molar-refractivity contribution in [1.29, 1.82) is 0 Å². The number of carbonyl (C=O) groups is 1. The molecule has 76 valence electrons. The first-order chi connectivity index (χ1) is 6.74. The normalized spacial score (nSPS) is 17.7. The van der Waals surface area contributed by atoms with E-state index in [9.17, 15) is 4.79 Å². The summed E-state index contributed by atoms with van der Waals surface area (Å²) in [6.07, 6.45) is 9.04. The van der Waals surface area contributed by atoms with Crippen molar-refractivity contribution in [2.24, 2.45) is 0 Å². The summed E-state index contributed by atoms with van der Waals surface area (Å²) in [4.78, 5) is 12.8. The van der Waals surface area contributed by atoms with E-state index < -0.39 is 5.97 Å². The maximum Gasteiger partial charge on any atom is 0.335 e. The van der Waals surface area contributed by atoms with Crippen LogP contribution in [0.5, 0.6) is 0 Å². The summed E-state index contributed by atoms with van der Waals surface area (Å²) in [6.45, 7) is 5.58. The van der Waals surface area contributed by atoms with Gasteiger partial charge in [-0.3, -0.25) is 0 Å². The largest absolute Gasteiger partial charge is 0.478 e. The van der Waals surface area contributed by atoms with E-state index >= 15 is 0 Å². The number of rotatable bonds is 4. The molecular formula is C11H15NO2. The average molecular weight is 193 g/mol. The van der Waals surface area contributed by atoms with Gasteiger partial charge in [-0.25, -0.2) is 4.79 Å². The van der Waals surface area contributed by atoms with Crippen LogP contribution in [0.3, 0.4) is 0 Å². The SMILES string of the molecule is C=C/C(=C\C=C/N1CCCC1)C(=O)O. The first kappa shape index (κ1) is 10.6. The zero-order valence-corrected chi connectivity index (χ0v) is 8.15. The van der Waals surface area contributed by atoms with Crippen molar-refractivity contribution < 1.29 is 9.90 Å². The fraction of sp³-hybridized carbons (Fsp3) is 0.364. The minimum Gasteiger partial charge on any atom is -0.478 e. The first-order valence-electron chi connectivity index (χ1n) is 4.72. The van der Waals surface area contributed by atoms with Gasteiger partial charge in [0.05, 0.1) is 5.57 Å². The van der Waals surface area contributed by atoms with Crippen molar-refractivity contribution in [3.63, 3.8) is 0 Å². The van der Waals surface area contributed by atoms with E-state index in [0.717, 1.165) is 13.1 Å². The molecule has 0 bridgehead atoms. The first-order valence-corrected chi connectivity index (χ1v) is 4.72. The third kappa shape index (κ3) is 3.09. The number of aliphatic carboxylic acids is 1. The number of allylic oxidation sites excluding steroid dienone is 2. The molecule has 1 N–H and O–H groups in total. The fourth-order valence-corrected chi connectivity index (χ4v) is 1.39. The lowest BCUT2D eigenvalue weighted by molar-refractivity contribution is -0.132. The standard InChI is InChI=1S/C11H15NO2/c1-2-10(11(13)14)6-5-9-12-7-3-4-8-12/h2,5-6,9H,1,3-4,7-8H2,(H,13,14)/b9-5-,10-6+. The maximum atomic E-state index is 10.6. The molecule has 1 aliphatic rings. The Balaban J connectivity index is 2.50. The smallest absolute Gasteiger partial charge is 0.335 e. The summed E-state index contributed by atoms with van der Waals surface area (Å²) in [6, 6.07) is 0. The Morgan fingerprint density at radius 1 is 1.36 bits per heavy atom. The Morgan fingerprint density at radius 3 is 2.50 bits per heavy atom. The summed E-state index contributed by atoms with van der Waals surface area (Å²) in [7, 11) is 0. The zero-order chi connectivity index (χ0) is 10.4. The van der Waals surface area contributed by atoms with Crippen molar-refractivity contribution >= 4 is 5.97 Å². The monoisotopic (exact) mass is 193 g/mol. The van der Waals surface area contributed by atoms with E-state index in [1.165, 1.54) is 18.9 Å². The van der Waals surface area contributed by atoms with Crippen LogP contribution in [-0.4, -0.2) is 29.1 Å². The molecule has 0 unspecified atom stereocenters. The second kappa shape index (κ2) is 5.27. The summed E-state index contributed by atoms with van der Waals surface area (Å²) in [5, 5.41) is 8.68. The summed E-state index contributed by atoms with van der Waals surface area (Å²) in [5.74, 6) is -0.939. The van der Waals surface area contributed by atoms with Crippen LogP contribution >= 0.6 is 0 Å². The van der Waals surface area contributed by atoms with E-state index in [0.29, 0.717) is 0 Å². The molecule has 0 aromatic heterocycles. The van der Waals surface area contributed by atoms with Crippen molar-refractivity contribution in [3.8, 4) is 0 Å². The van der Waals surface area contributed by atoms with Gasteiger partial charge in [0.15, 0.2) is 0 Å². The molecule has 14 heavy (non-hydrogen) atoms. The van der Waals surface area contributed by atoms with Gasteiger partial charge in [-0.2, -0.15) is 0 Å². The van der Waals surface area contributed by atoms with Crippen molar-refractivity contribution in [1.82, 2.24) is 4.90 Å². The van der Waals surface area contributed by atoms with Gasteiger partial charge >= 0.3 is 5.97 Å². The minimum absolute atomic E-state index is 0.223. The quantitative estimate of drug-likeness (QED) is 0.546. The molecule has 0 atom stereocenters. The molecule has 0 saturated carbocycles. The molecule has 1 aliphatic heterocycles. The van der Waals surface area contributed by atoms with Gasteiger partial charge < -0.3 is 10.0 Å². The van der Waals surface area contributed by atoms with Gasteiger partial charge in [-0.1, -0.05) is 12.7 Å². The number of carboxylic acid groups (broad SMARTS) is 1. The topological polar surface area (TPSA) is 40.5 Å². The van der Waals surface area contributed by atoms with E-state index in [2.05, 4.69) is 11.5 Å². The zero-order valence-electron chi connectivity index (χ0n) is 8.15. The number of nitrogens with zero attached hydrogens (tertiary/aromatic N) is 1. The van der Waals surface area contributed by atoms with Crippen LogP contribution < -0.4 is 0 Å². The molecule has 1 heterocycles. The number of hydrogen-bond acceptors (Lipinski definition) is 2. The summed E-state index contributed by atoms with van der Waals surface area (Å²) >= 11 is 0. The highest BCUT2D eigenvalue weighted by atomic mass is 16.4. The van der Waals surface area contributed by atoms with E-state index in [1.807, 2.05) is 6.20 Å². The highest BCUT2D eigenvalue weighted by molar-refractivity contribution is 5.89. The Kier molecular flexibility index (Phi) is 3.98. The fourth-order valence-electron chi connectivity index (χ4n) is 1.39. The number of carboxylic acids is 1. The molecule has 0 aromatic carbocycles. The molecule has 0 aromatic rings. The Hall–Kier alpha value is -1.51. The molecule has 3 heteroatoms. The van der Waals surface area contributed by atoms with Crippen LogP contribution in [0, 0.1) is 0 Å². The van der Waals surface area contributed by atoms with Crippen LogP contribution in [0.15, 0.2) is 36.6 Å². The predicted molar refractivity (Wildman–Crippen MR) is 55.9 cm³/mol. The van der Waals surface area contributed by atoms with Crippen LogP contribution in [0.2, 0.25) is 0 Å². The highest BCUT2D eigenvalue weighted by Crippen LogP contribution is 2.07. The lowest BCUT2D eigenvalue weighted by Crippen LogP contribution is -2.10. The maximum absolute atomic E-state index is 10.6. The molecule has 0 amide bonds. The van der Waals surface area contributed by atoms with Crippen molar-refractivity contribution in [2.45, 2.75) is 12.8 Å². The third-order valence-corrected chi connectivity index (χ3v) is 2.18. The summed E-state index contributed by atoms with van der Waals surface area (Å²) in [5.41, 5.74) is 0.223. The Labute approximate surface area is 84.0 Å². The van der Waals surface area contributed by atoms with Gasteiger partial charge in [0.25, 0.3) is 0 Å². The second-order valence-electron chi connectivity index (χ2n) is 3.22. The number of likely N-dealkylation sites (tertiary alicyclic amines) is 1. The Morgan fingerprint density at radius 2 is 2.00 bits per heavy atom. The van der Waals surface area contributed by atoms with Crippen molar-refractivity contribution in [2.75, 3.05) is 13.1 Å². The molecule has 0 radical (unpaired) electrons. The second-order valence-corrected chi connectivity index (χ2v) is 3.22. The van der Waals surface area contributed by atoms with Gasteiger partial charge in [-0.15, -0.1) is 0 Å². The Bertz CT molecular complexity index is 273. The van der Waals surface area contributed by atoms with Gasteiger partial charge in [0.2, 0.25) is 0 Å². The number of hydrogen-bond donors (Lipinski definition) is 1. The van der Waals surface area contributed by atoms with E-state index in [-0.39, 0.29) is 5.57 Å². The molecule has 1 saturated heterocycles. The van der Waals surface area contributed by atoms with E-state index in [4.69, 9.17) is 5.11 Å². The van der Waals surface area contributed by atoms with Gasteiger partial charge in [-0.05, 0) is 31.2 Å². The molecule has 1 fully saturated rings. The average Bonchev–Trinajstić information content (AvgIpc) is 2.64. The molecule has 3 nitrogen and oxygen atoms in total. The lowest BCUT2D eigenvalue weighted by Gasteiger charge is -2.08. The van der Waals surface area contributed by atoms with Gasteiger partial charge in [0.1, 0.15) is 0 Å². The highest BCUT2D eigenvalue weighted by Gasteiger charge is 2.05. The lowest BCUT2D eigenvalue weighted by atomic mass is 10.2. The predicted octanol–water partition coefficient (Wildman–Crippen LogP) is 1.79. The van der Waals surface area contributed by atoms with Crippen LogP contribution in [0.1, 0.15) is 12.8 Å². The van der Waals surface area contributed by atoms with Crippen LogP contribution in [0.25, 0.3) is 0 Å². The summed E-state index contributed by atoms with van der Waals surface area (Å²) < 4.78 is 0. The van der Waals surface area contributed by atoms with Crippen LogP contribution in [-0.2, 0) is 4.79 Å². The minimum atomic E-state index is -0.939. The third-order valence-electron chi connectivity index (χ3n) is 2.18. The molecule has 0 aliphatic carbocycles.